The van der Waals surface area contributed by atoms with Crippen LogP contribution in [0.15, 0.2) is 18.2 Å². The molecule has 0 aliphatic heterocycles. The molecule has 0 unspecified atom stereocenters. The Morgan fingerprint density at radius 3 is 2.94 bits per heavy atom. The lowest BCUT2D eigenvalue weighted by atomic mass is 10.2. The van der Waals surface area contributed by atoms with Crippen LogP contribution in [0.5, 0.6) is 0 Å². The van der Waals surface area contributed by atoms with E-state index in [0.717, 1.165) is 12.2 Å². The number of ether oxygens (including phenoxy) is 1. The normalized spacial score (nSPS) is 15.0. The second-order valence-corrected chi connectivity index (χ2v) is 4.51. The van der Waals surface area contributed by atoms with Crippen LogP contribution in [0.2, 0.25) is 0 Å². The Balaban J connectivity index is 2.01. The molecule has 0 saturated heterocycles. The van der Waals surface area contributed by atoms with E-state index in [-0.39, 0.29) is 5.69 Å². The number of carbonyl (C=O) groups is 1. The quantitative estimate of drug-likeness (QED) is 0.792. The molecule has 1 heterocycles. The fraction of sp³-hybridized carbons (Fsp3) is 0.538. The van der Waals surface area contributed by atoms with E-state index in [9.17, 15) is 4.79 Å². The summed E-state index contributed by atoms with van der Waals surface area (Å²) in [4.78, 5) is 17.3. The van der Waals surface area contributed by atoms with Gasteiger partial charge < -0.3 is 9.84 Å². The summed E-state index contributed by atoms with van der Waals surface area (Å²) < 4.78 is 5.09. The van der Waals surface area contributed by atoms with Gasteiger partial charge in [0.25, 0.3) is 0 Å². The van der Waals surface area contributed by atoms with Crippen LogP contribution >= 0.6 is 0 Å². The van der Waals surface area contributed by atoms with Gasteiger partial charge in [-0.2, -0.15) is 0 Å². The molecular weight excluding hydrogens is 232 g/mol. The van der Waals surface area contributed by atoms with Crippen LogP contribution in [0, 0.1) is 0 Å². The molecule has 1 N–H and O–H groups in total. The smallest absolute Gasteiger partial charge is 0.354 e. The Morgan fingerprint density at radius 1 is 1.56 bits per heavy atom. The van der Waals surface area contributed by atoms with Crippen molar-refractivity contribution in [1.29, 1.82) is 0 Å². The van der Waals surface area contributed by atoms with Gasteiger partial charge in [-0.25, -0.2) is 9.78 Å². The fourth-order valence-electron chi connectivity index (χ4n) is 1.93. The Morgan fingerprint density at radius 2 is 2.33 bits per heavy atom. The summed E-state index contributed by atoms with van der Waals surface area (Å²) in [5.74, 6) is -0.980. The van der Waals surface area contributed by atoms with Gasteiger partial charge in [0.15, 0.2) is 0 Å². The zero-order chi connectivity index (χ0) is 13.0. The predicted octanol–water partition coefficient (Wildman–Crippen LogP) is 1.39. The van der Waals surface area contributed by atoms with Crippen LogP contribution in [0.4, 0.5) is 0 Å². The van der Waals surface area contributed by atoms with Gasteiger partial charge in [0.05, 0.1) is 12.3 Å². The zero-order valence-electron chi connectivity index (χ0n) is 10.5. The third-order valence-electron chi connectivity index (χ3n) is 3.04. The minimum Gasteiger partial charge on any atom is -0.477 e. The molecule has 5 nitrogen and oxygen atoms in total. The highest BCUT2D eigenvalue weighted by Gasteiger charge is 2.28. The second-order valence-electron chi connectivity index (χ2n) is 4.51. The van der Waals surface area contributed by atoms with Crippen LogP contribution in [0.3, 0.4) is 0 Å². The minimum absolute atomic E-state index is 0.106. The van der Waals surface area contributed by atoms with Gasteiger partial charge in [0, 0.05) is 26.2 Å². The van der Waals surface area contributed by atoms with Crippen LogP contribution in [0.25, 0.3) is 0 Å². The fourth-order valence-corrected chi connectivity index (χ4v) is 1.93. The summed E-state index contributed by atoms with van der Waals surface area (Å²) in [5, 5.41) is 8.91. The maximum absolute atomic E-state index is 10.9. The molecule has 0 aromatic carbocycles. The molecule has 18 heavy (non-hydrogen) atoms. The number of methoxy groups -OCH3 is 1. The van der Waals surface area contributed by atoms with E-state index in [1.54, 1.807) is 13.2 Å². The summed E-state index contributed by atoms with van der Waals surface area (Å²) in [5.41, 5.74) is 0.910. The maximum Gasteiger partial charge on any atom is 0.354 e. The third kappa shape index (κ3) is 3.51. The van der Waals surface area contributed by atoms with Gasteiger partial charge in [-0.3, -0.25) is 4.90 Å². The standard InChI is InChI=1S/C13H18N2O3/c1-18-8-7-15(11-5-6-11)9-10-3-2-4-12(14-10)13(16)17/h2-4,11H,5-9H2,1H3,(H,16,17). The summed E-state index contributed by atoms with van der Waals surface area (Å²) in [6, 6.07) is 5.74. The highest BCUT2D eigenvalue weighted by atomic mass is 16.5. The van der Waals surface area contributed by atoms with E-state index in [0.29, 0.717) is 19.2 Å². The first-order chi connectivity index (χ1) is 8.70. The Hall–Kier alpha value is -1.46. The predicted molar refractivity (Wildman–Crippen MR) is 66.5 cm³/mol. The van der Waals surface area contributed by atoms with Gasteiger partial charge in [-0.15, -0.1) is 0 Å². The van der Waals surface area contributed by atoms with Crippen LogP contribution < -0.4 is 0 Å². The average molecular weight is 250 g/mol. The van der Waals surface area contributed by atoms with E-state index >= 15 is 0 Å². The molecule has 2 rings (SSSR count). The molecule has 1 aliphatic carbocycles. The summed E-state index contributed by atoms with van der Waals surface area (Å²) >= 11 is 0. The number of pyridine rings is 1. The molecule has 0 atom stereocenters. The number of rotatable bonds is 7. The maximum atomic E-state index is 10.9. The van der Waals surface area contributed by atoms with Gasteiger partial charge in [0.2, 0.25) is 0 Å². The Kier molecular flexibility index (Phi) is 4.28. The monoisotopic (exact) mass is 250 g/mol. The van der Waals surface area contributed by atoms with Crippen molar-refractivity contribution in [2.45, 2.75) is 25.4 Å². The van der Waals surface area contributed by atoms with Gasteiger partial charge in [-0.1, -0.05) is 6.07 Å². The lowest BCUT2D eigenvalue weighted by Gasteiger charge is -2.21. The van der Waals surface area contributed by atoms with Crippen molar-refractivity contribution in [3.8, 4) is 0 Å². The second kappa shape index (κ2) is 5.93. The summed E-state index contributed by atoms with van der Waals surface area (Å²) in [6.07, 6.45) is 2.42. The first kappa shape index (κ1) is 13.0. The van der Waals surface area contributed by atoms with Crippen molar-refractivity contribution in [3.05, 3.63) is 29.6 Å². The molecule has 1 aliphatic rings. The Bertz CT molecular complexity index is 418. The van der Waals surface area contributed by atoms with Crippen molar-refractivity contribution in [1.82, 2.24) is 9.88 Å². The molecule has 1 aromatic rings. The Labute approximate surface area is 106 Å². The molecule has 98 valence electrons. The number of aromatic nitrogens is 1. The first-order valence-corrected chi connectivity index (χ1v) is 6.13. The van der Waals surface area contributed by atoms with E-state index in [4.69, 9.17) is 9.84 Å². The average Bonchev–Trinajstić information content (AvgIpc) is 3.19. The summed E-state index contributed by atoms with van der Waals surface area (Å²) in [7, 11) is 1.69. The van der Waals surface area contributed by atoms with Gasteiger partial charge >= 0.3 is 5.97 Å². The van der Waals surface area contributed by atoms with E-state index in [1.807, 2.05) is 6.07 Å². The number of carboxylic acid groups (broad SMARTS) is 1. The van der Waals surface area contributed by atoms with Crippen molar-refractivity contribution < 1.29 is 14.6 Å². The number of nitrogens with zero attached hydrogens (tertiary/aromatic N) is 2. The third-order valence-corrected chi connectivity index (χ3v) is 3.04. The SMILES string of the molecule is COCCN(Cc1cccc(C(=O)O)n1)C1CC1. The molecule has 5 heteroatoms. The number of carboxylic acids is 1. The number of aromatic carboxylic acids is 1. The highest BCUT2D eigenvalue weighted by Crippen LogP contribution is 2.27. The number of hydrogen-bond donors (Lipinski definition) is 1. The minimum atomic E-state index is -0.980. The van der Waals surface area contributed by atoms with Gasteiger partial charge in [0.1, 0.15) is 5.69 Å². The van der Waals surface area contributed by atoms with E-state index < -0.39 is 5.97 Å². The van der Waals surface area contributed by atoms with Crippen LogP contribution in [-0.2, 0) is 11.3 Å². The number of hydrogen-bond acceptors (Lipinski definition) is 4. The van der Waals surface area contributed by atoms with Crippen LogP contribution in [0.1, 0.15) is 29.0 Å². The lowest BCUT2D eigenvalue weighted by molar-refractivity contribution is 0.0689. The lowest BCUT2D eigenvalue weighted by Crippen LogP contribution is -2.29. The molecular formula is C13H18N2O3. The van der Waals surface area contributed by atoms with E-state index in [1.165, 1.54) is 18.9 Å². The van der Waals surface area contributed by atoms with Crippen molar-refractivity contribution >= 4 is 5.97 Å². The molecule has 1 aromatic heterocycles. The van der Waals surface area contributed by atoms with Crippen molar-refractivity contribution in [2.75, 3.05) is 20.3 Å². The van der Waals surface area contributed by atoms with E-state index in [2.05, 4.69) is 9.88 Å². The highest BCUT2D eigenvalue weighted by molar-refractivity contribution is 5.85. The largest absolute Gasteiger partial charge is 0.477 e. The van der Waals surface area contributed by atoms with Gasteiger partial charge in [-0.05, 0) is 25.0 Å². The molecule has 0 bridgehead atoms. The summed E-state index contributed by atoms with van der Waals surface area (Å²) in [6.45, 7) is 2.24. The molecule has 0 radical (unpaired) electrons. The molecule has 0 spiro atoms. The van der Waals surface area contributed by atoms with Crippen LogP contribution in [-0.4, -0.2) is 47.3 Å². The first-order valence-electron chi connectivity index (χ1n) is 6.13. The molecule has 1 fully saturated rings. The zero-order valence-corrected chi connectivity index (χ0v) is 10.5. The molecule has 1 saturated carbocycles. The van der Waals surface area contributed by atoms with Crippen molar-refractivity contribution in [3.63, 3.8) is 0 Å². The van der Waals surface area contributed by atoms with Crippen molar-refractivity contribution in [2.24, 2.45) is 0 Å². The molecule has 0 amide bonds. The topological polar surface area (TPSA) is 62.7 Å².